The van der Waals surface area contributed by atoms with Crippen LogP contribution in [0.3, 0.4) is 0 Å². The number of hydrogen-bond donors (Lipinski definition) is 0. The van der Waals surface area contributed by atoms with E-state index in [0.717, 1.165) is 26.2 Å². The van der Waals surface area contributed by atoms with Gasteiger partial charge in [-0.2, -0.15) is 0 Å². The molecule has 0 spiro atoms. The highest BCUT2D eigenvalue weighted by Crippen LogP contribution is 2.31. The lowest BCUT2D eigenvalue weighted by Crippen LogP contribution is -2.53. The molecule has 0 radical (unpaired) electrons. The van der Waals surface area contributed by atoms with Crippen LogP contribution in [0.5, 0.6) is 0 Å². The predicted octanol–water partition coefficient (Wildman–Crippen LogP) is 6.76. The summed E-state index contributed by atoms with van der Waals surface area (Å²) in [5.41, 5.74) is 2.40. The number of benzene rings is 2. The minimum absolute atomic E-state index is 0.0820. The molecule has 3 rings (SSSR count). The van der Waals surface area contributed by atoms with Crippen LogP contribution in [0, 0.1) is 5.92 Å². The number of carbonyl (C=O) groups excluding carboxylic acids is 1. The maximum absolute atomic E-state index is 13.5. The van der Waals surface area contributed by atoms with Gasteiger partial charge in [-0.1, -0.05) is 98.0 Å². The minimum Gasteiger partial charge on any atom is -0.340 e. The van der Waals surface area contributed by atoms with Crippen molar-refractivity contribution in [3.63, 3.8) is 0 Å². The lowest BCUT2D eigenvalue weighted by molar-refractivity contribution is -0.133. The van der Waals surface area contributed by atoms with Crippen molar-refractivity contribution >= 4 is 17.7 Å². The number of amides is 1. The molecule has 0 aromatic heterocycles. The van der Waals surface area contributed by atoms with Crippen LogP contribution >= 0.6 is 11.8 Å². The minimum atomic E-state index is 0.0820. The summed E-state index contributed by atoms with van der Waals surface area (Å²) in [4.78, 5) is 19.5. The van der Waals surface area contributed by atoms with E-state index in [1.165, 1.54) is 16.0 Å². The molecule has 1 aliphatic heterocycles. The monoisotopic (exact) mass is 488 g/mol. The van der Waals surface area contributed by atoms with Gasteiger partial charge >= 0.3 is 0 Å². The van der Waals surface area contributed by atoms with Crippen LogP contribution < -0.4 is 0 Å². The topological polar surface area (TPSA) is 23.6 Å². The van der Waals surface area contributed by atoms with Crippen molar-refractivity contribution in [1.82, 2.24) is 9.80 Å². The standard InChI is InChI=1S/C31H40N2OS/c1-5-7-10-15-25(3)31(29(6-2)35-4)33-22-20-32(21-23-33)30(34)24-28(26-16-11-8-12-17-26)27-18-13-9-14-19-27/h5-19,25,28,31H,20-24H2,1-4H3/b7-5-,15-10?,29-6?. The maximum Gasteiger partial charge on any atom is 0.223 e. The molecule has 0 bridgehead atoms. The molecular formula is C31H40N2OS. The fraction of sp³-hybridized carbons (Fsp3) is 0.387. The van der Waals surface area contributed by atoms with Crippen molar-refractivity contribution in [1.29, 1.82) is 0 Å². The van der Waals surface area contributed by atoms with E-state index in [-0.39, 0.29) is 11.8 Å². The van der Waals surface area contributed by atoms with Gasteiger partial charge in [-0.3, -0.25) is 9.69 Å². The van der Waals surface area contributed by atoms with Crippen molar-refractivity contribution < 1.29 is 4.79 Å². The third kappa shape index (κ3) is 7.46. The highest BCUT2D eigenvalue weighted by Gasteiger charge is 2.31. The molecule has 0 saturated carbocycles. The van der Waals surface area contributed by atoms with E-state index in [9.17, 15) is 4.79 Å². The molecule has 1 saturated heterocycles. The van der Waals surface area contributed by atoms with Crippen molar-refractivity contribution in [3.05, 3.63) is 107 Å². The van der Waals surface area contributed by atoms with E-state index in [1.54, 1.807) is 0 Å². The Morgan fingerprint density at radius 3 is 1.97 bits per heavy atom. The second-order valence-corrected chi connectivity index (χ2v) is 9.98. The second-order valence-electron chi connectivity index (χ2n) is 9.10. The lowest BCUT2D eigenvalue weighted by Gasteiger charge is -2.42. The molecule has 4 heteroatoms. The normalized spacial score (nSPS) is 17.4. The van der Waals surface area contributed by atoms with Crippen LogP contribution in [0.15, 0.2) is 95.9 Å². The van der Waals surface area contributed by atoms with Gasteiger partial charge in [-0.05, 0) is 42.1 Å². The summed E-state index contributed by atoms with van der Waals surface area (Å²) in [6.07, 6.45) is 13.5. The first-order chi connectivity index (χ1) is 17.1. The fourth-order valence-corrected chi connectivity index (χ4v) is 5.83. The van der Waals surface area contributed by atoms with Gasteiger partial charge in [0.15, 0.2) is 0 Å². The molecule has 1 aliphatic rings. The van der Waals surface area contributed by atoms with Gasteiger partial charge < -0.3 is 4.90 Å². The summed E-state index contributed by atoms with van der Waals surface area (Å²) in [6, 6.07) is 21.2. The van der Waals surface area contributed by atoms with E-state index >= 15 is 0 Å². The summed E-state index contributed by atoms with van der Waals surface area (Å²) in [7, 11) is 0. The largest absolute Gasteiger partial charge is 0.340 e. The van der Waals surface area contributed by atoms with Gasteiger partial charge in [0.1, 0.15) is 0 Å². The molecule has 0 N–H and O–H groups in total. The van der Waals surface area contributed by atoms with Crippen molar-refractivity contribution in [2.75, 3.05) is 32.4 Å². The molecule has 1 fully saturated rings. The summed E-state index contributed by atoms with van der Waals surface area (Å²) < 4.78 is 0. The highest BCUT2D eigenvalue weighted by atomic mass is 32.2. The van der Waals surface area contributed by atoms with E-state index in [4.69, 9.17) is 0 Å². The Morgan fingerprint density at radius 2 is 1.49 bits per heavy atom. The Hall–Kier alpha value is -2.56. The van der Waals surface area contributed by atoms with Gasteiger partial charge in [0, 0.05) is 44.6 Å². The first-order valence-corrected chi connectivity index (χ1v) is 13.9. The number of thioether (sulfide) groups is 1. The van der Waals surface area contributed by atoms with E-state index in [1.807, 2.05) is 30.8 Å². The van der Waals surface area contributed by atoms with E-state index in [2.05, 4.69) is 109 Å². The quantitative estimate of drug-likeness (QED) is 0.345. The third-order valence-corrected chi connectivity index (χ3v) is 7.82. The molecule has 2 aromatic rings. The zero-order valence-electron chi connectivity index (χ0n) is 21.6. The molecule has 2 atom stereocenters. The Balaban J connectivity index is 1.69. The Kier molecular flexibility index (Phi) is 10.9. The first-order valence-electron chi connectivity index (χ1n) is 12.7. The van der Waals surface area contributed by atoms with Crippen LogP contribution in [0.1, 0.15) is 44.2 Å². The summed E-state index contributed by atoms with van der Waals surface area (Å²) in [5, 5.41) is 0. The zero-order valence-corrected chi connectivity index (χ0v) is 22.5. The molecule has 3 nitrogen and oxygen atoms in total. The van der Waals surface area contributed by atoms with Crippen molar-refractivity contribution in [3.8, 4) is 0 Å². The average Bonchev–Trinajstić information content (AvgIpc) is 2.91. The third-order valence-electron chi connectivity index (χ3n) is 6.87. The van der Waals surface area contributed by atoms with Gasteiger partial charge in [0.25, 0.3) is 0 Å². The number of carbonyl (C=O) groups is 1. The Morgan fingerprint density at radius 1 is 0.914 bits per heavy atom. The number of hydrogen-bond acceptors (Lipinski definition) is 3. The van der Waals surface area contributed by atoms with E-state index in [0.29, 0.717) is 18.4 Å². The second kappa shape index (κ2) is 14.1. The summed E-state index contributed by atoms with van der Waals surface area (Å²) in [5.74, 6) is 0.724. The highest BCUT2D eigenvalue weighted by molar-refractivity contribution is 8.02. The molecule has 0 aliphatic carbocycles. The Bertz CT molecular complexity index is 952. The molecule has 1 heterocycles. The van der Waals surface area contributed by atoms with Crippen LogP contribution in [-0.4, -0.2) is 54.2 Å². The molecular weight excluding hydrogens is 448 g/mol. The van der Waals surface area contributed by atoms with Crippen LogP contribution in [0.4, 0.5) is 0 Å². The van der Waals surface area contributed by atoms with E-state index < -0.39 is 0 Å². The van der Waals surface area contributed by atoms with Crippen molar-refractivity contribution in [2.45, 2.75) is 39.2 Å². The number of allylic oxidation sites excluding steroid dienone is 4. The van der Waals surface area contributed by atoms with Gasteiger partial charge in [-0.25, -0.2) is 0 Å². The fourth-order valence-electron chi connectivity index (χ4n) is 4.99. The summed E-state index contributed by atoms with van der Waals surface area (Å²) in [6.45, 7) is 9.84. The van der Waals surface area contributed by atoms with Crippen LogP contribution in [0.25, 0.3) is 0 Å². The van der Waals surface area contributed by atoms with Gasteiger partial charge in [0.2, 0.25) is 5.91 Å². The molecule has 1 amide bonds. The Labute approximate surface area is 216 Å². The molecule has 186 valence electrons. The average molecular weight is 489 g/mol. The van der Waals surface area contributed by atoms with Crippen LogP contribution in [-0.2, 0) is 4.79 Å². The smallest absolute Gasteiger partial charge is 0.223 e. The van der Waals surface area contributed by atoms with Gasteiger partial charge in [-0.15, -0.1) is 11.8 Å². The number of piperazine rings is 1. The first kappa shape index (κ1) is 27.0. The molecule has 2 unspecified atom stereocenters. The predicted molar refractivity (Wildman–Crippen MR) is 152 cm³/mol. The maximum atomic E-state index is 13.5. The van der Waals surface area contributed by atoms with Crippen LogP contribution in [0.2, 0.25) is 0 Å². The molecule has 35 heavy (non-hydrogen) atoms. The zero-order chi connectivity index (χ0) is 25.0. The SMILES string of the molecule is CC=C(SC)C(C(C)C=C/C=C\C)N1CCN(C(=O)CC(c2ccccc2)c2ccccc2)CC1. The van der Waals surface area contributed by atoms with Gasteiger partial charge in [0.05, 0.1) is 0 Å². The number of nitrogens with zero attached hydrogens (tertiary/aromatic N) is 2. The lowest BCUT2D eigenvalue weighted by atomic mass is 9.88. The number of rotatable bonds is 10. The summed E-state index contributed by atoms with van der Waals surface area (Å²) >= 11 is 1.84. The molecule has 2 aromatic carbocycles. The van der Waals surface area contributed by atoms with Crippen molar-refractivity contribution in [2.24, 2.45) is 5.92 Å².